The molecular weight excluding hydrogens is 461 g/mol. The van der Waals surface area contributed by atoms with Gasteiger partial charge in [0.05, 0.1) is 11.4 Å². The topological polar surface area (TPSA) is 58.2 Å². The molecule has 0 heterocycles. The number of hydrogen-bond acceptors (Lipinski definition) is 4. The van der Waals surface area contributed by atoms with Gasteiger partial charge in [-0.1, -0.05) is 46.6 Å². The fourth-order valence-corrected chi connectivity index (χ4v) is 3.47. The largest absolute Gasteiger partial charge is 0.326 e. The minimum Gasteiger partial charge on any atom is -0.326 e. The molecular formula is C16H13Cl3F2N2O2S2. The van der Waals surface area contributed by atoms with E-state index in [1.807, 2.05) is 6.26 Å². The number of benzene rings is 2. The Morgan fingerprint density at radius 3 is 1.70 bits per heavy atom. The van der Waals surface area contributed by atoms with E-state index in [1.165, 1.54) is 36.0 Å². The van der Waals surface area contributed by atoms with E-state index < -0.39 is 14.8 Å². The summed E-state index contributed by atoms with van der Waals surface area (Å²) in [4.78, 5) is 21.4. The summed E-state index contributed by atoms with van der Waals surface area (Å²) in [7, 11) is 0. The molecule has 27 heavy (non-hydrogen) atoms. The first-order valence-electron chi connectivity index (χ1n) is 6.99. The average molecular weight is 474 g/mol. The molecule has 0 fully saturated rings. The van der Waals surface area contributed by atoms with E-state index in [0.717, 1.165) is 16.7 Å². The smallest absolute Gasteiger partial charge is 0.241 e. The van der Waals surface area contributed by atoms with E-state index in [2.05, 4.69) is 10.6 Å². The summed E-state index contributed by atoms with van der Waals surface area (Å²) in [6.07, 6.45) is 2.71. The van der Waals surface area contributed by atoms with Gasteiger partial charge >= 0.3 is 0 Å². The first-order valence-corrected chi connectivity index (χ1v) is 10.2. The Labute approximate surface area is 178 Å². The van der Waals surface area contributed by atoms with Gasteiger partial charge in [0.15, 0.2) is 0 Å². The van der Waals surface area contributed by atoms with Gasteiger partial charge in [0, 0.05) is 9.79 Å². The molecule has 2 amide bonds. The fourth-order valence-electron chi connectivity index (χ4n) is 1.68. The Balaban J connectivity index is 0.000000277. The van der Waals surface area contributed by atoms with Crippen molar-refractivity contribution in [3.05, 3.63) is 48.0 Å². The van der Waals surface area contributed by atoms with Gasteiger partial charge in [-0.25, -0.2) is 8.78 Å². The van der Waals surface area contributed by atoms with Crippen LogP contribution < -0.4 is 10.6 Å². The van der Waals surface area contributed by atoms with E-state index in [-0.39, 0.29) is 11.4 Å². The Morgan fingerprint density at radius 2 is 1.33 bits per heavy atom. The number of thioether (sulfide) groups is 2. The highest BCUT2D eigenvalue weighted by molar-refractivity contribution is 8.04. The second kappa shape index (κ2) is 11.6. The van der Waals surface area contributed by atoms with Crippen LogP contribution in [0.4, 0.5) is 20.2 Å². The minimum atomic E-state index is -1.54. The molecule has 0 aliphatic rings. The Kier molecular flexibility index (Phi) is 10.3. The Hall–Kier alpha value is -1.19. The van der Waals surface area contributed by atoms with E-state index >= 15 is 0 Å². The van der Waals surface area contributed by atoms with Crippen LogP contribution in [-0.2, 0) is 9.59 Å². The molecule has 0 aliphatic carbocycles. The quantitative estimate of drug-likeness (QED) is 0.310. The summed E-state index contributed by atoms with van der Waals surface area (Å²) in [5, 5.41) is 4.46. The van der Waals surface area contributed by atoms with Crippen LogP contribution in [-0.4, -0.2) is 22.2 Å². The summed E-state index contributed by atoms with van der Waals surface area (Å²) >= 11 is 18.9. The molecule has 0 aliphatic heterocycles. The molecule has 2 aromatic rings. The zero-order chi connectivity index (χ0) is 20.4. The van der Waals surface area contributed by atoms with Crippen LogP contribution in [0.25, 0.3) is 0 Å². The number of hydrogen-bond donors (Lipinski definition) is 2. The highest BCUT2D eigenvalue weighted by atomic mass is 35.6. The lowest BCUT2D eigenvalue weighted by Crippen LogP contribution is -1.98. The van der Waals surface area contributed by atoms with Crippen molar-refractivity contribution in [3.63, 3.8) is 0 Å². The zero-order valence-corrected chi connectivity index (χ0v) is 17.5. The number of amides is 2. The number of rotatable bonds is 6. The van der Waals surface area contributed by atoms with Gasteiger partial charge in [0.25, 0.3) is 0 Å². The summed E-state index contributed by atoms with van der Waals surface area (Å²) in [6.45, 7) is 0. The SMILES string of the molecule is CSc1ccc(NC=O)c(F)c1.O=CNc1ccc(SC(Cl)(Cl)Cl)cc1F. The van der Waals surface area contributed by atoms with Crippen LogP contribution >= 0.6 is 58.3 Å². The molecule has 2 aromatic carbocycles. The number of carbonyl (C=O) groups is 2. The van der Waals surface area contributed by atoms with Crippen molar-refractivity contribution < 1.29 is 18.4 Å². The van der Waals surface area contributed by atoms with E-state index in [0.29, 0.717) is 17.7 Å². The van der Waals surface area contributed by atoms with E-state index in [9.17, 15) is 18.4 Å². The van der Waals surface area contributed by atoms with Gasteiger partial charge in [-0.05, 0) is 42.7 Å². The van der Waals surface area contributed by atoms with Gasteiger partial charge in [0.1, 0.15) is 11.6 Å². The lowest BCUT2D eigenvalue weighted by molar-refractivity contribution is -0.106. The third-order valence-electron chi connectivity index (χ3n) is 2.78. The first-order chi connectivity index (χ1) is 12.7. The van der Waals surface area contributed by atoms with Crippen LogP contribution in [0.15, 0.2) is 46.2 Å². The number of anilines is 2. The van der Waals surface area contributed by atoms with Gasteiger partial charge in [-0.15, -0.1) is 11.8 Å². The van der Waals surface area contributed by atoms with Gasteiger partial charge in [0.2, 0.25) is 15.9 Å². The molecule has 0 bridgehead atoms. The summed E-state index contributed by atoms with van der Waals surface area (Å²) in [6, 6.07) is 8.79. The van der Waals surface area contributed by atoms with Crippen LogP contribution in [0.3, 0.4) is 0 Å². The maximum Gasteiger partial charge on any atom is 0.241 e. The molecule has 0 saturated heterocycles. The molecule has 0 atom stereocenters. The van der Waals surface area contributed by atoms with Crippen molar-refractivity contribution in [1.82, 2.24) is 0 Å². The molecule has 0 aromatic heterocycles. The normalized spacial score (nSPS) is 10.4. The number of alkyl halides is 3. The van der Waals surface area contributed by atoms with Crippen LogP contribution in [0.5, 0.6) is 0 Å². The number of halogens is 5. The molecule has 146 valence electrons. The minimum absolute atomic E-state index is 0.0821. The summed E-state index contributed by atoms with van der Waals surface area (Å²) in [5.41, 5.74) is 0.293. The molecule has 0 unspecified atom stereocenters. The number of carbonyl (C=O) groups excluding carboxylic acids is 2. The predicted octanol–water partition coefficient (Wildman–Crippen LogP) is 5.93. The van der Waals surface area contributed by atoms with Crippen molar-refractivity contribution in [2.75, 3.05) is 16.9 Å². The molecule has 11 heteroatoms. The second-order valence-electron chi connectivity index (χ2n) is 4.56. The van der Waals surface area contributed by atoms with Crippen molar-refractivity contribution in [2.45, 2.75) is 12.9 Å². The zero-order valence-electron chi connectivity index (χ0n) is 13.6. The van der Waals surface area contributed by atoms with E-state index in [1.54, 1.807) is 12.1 Å². The predicted molar refractivity (Wildman–Crippen MR) is 110 cm³/mol. The maximum absolute atomic E-state index is 13.2. The molecule has 0 spiro atoms. The fraction of sp³-hybridized carbons (Fsp3) is 0.125. The molecule has 4 nitrogen and oxygen atoms in total. The van der Waals surface area contributed by atoms with Crippen molar-refractivity contribution in [1.29, 1.82) is 0 Å². The van der Waals surface area contributed by atoms with Crippen molar-refractivity contribution in [3.8, 4) is 0 Å². The maximum atomic E-state index is 13.2. The summed E-state index contributed by atoms with van der Waals surface area (Å²) in [5.74, 6) is -0.990. The molecule has 0 saturated carbocycles. The standard InChI is InChI=1S/C8H5Cl3FNOS.C8H8FNOS/c9-8(10,11)15-5-1-2-7(13-4-14)6(12)3-5;1-12-6-2-3-8(10-5-11)7(9)4-6/h1-4H,(H,13,14);2-5H,1H3,(H,10,11). The van der Waals surface area contributed by atoms with Gasteiger partial charge < -0.3 is 10.6 Å². The number of nitrogens with one attached hydrogen (secondary N) is 2. The highest BCUT2D eigenvalue weighted by Gasteiger charge is 2.21. The molecule has 2 N–H and O–H groups in total. The van der Waals surface area contributed by atoms with Crippen LogP contribution in [0, 0.1) is 11.6 Å². The lowest BCUT2D eigenvalue weighted by atomic mass is 10.3. The van der Waals surface area contributed by atoms with Gasteiger partial charge in [-0.3, -0.25) is 9.59 Å². The van der Waals surface area contributed by atoms with Crippen LogP contribution in [0.1, 0.15) is 0 Å². The molecule has 2 rings (SSSR count). The van der Waals surface area contributed by atoms with Gasteiger partial charge in [-0.2, -0.15) is 0 Å². The Morgan fingerprint density at radius 1 is 0.889 bits per heavy atom. The lowest BCUT2D eigenvalue weighted by Gasteiger charge is -2.10. The second-order valence-corrected chi connectivity index (χ2v) is 9.68. The third kappa shape index (κ3) is 9.03. The van der Waals surface area contributed by atoms with E-state index in [4.69, 9.17) is 34.8 Å². The molecule has 0 radical (unpaired) electrons. The third-order valence-corrected chi connectivity index (χ3v) is 4.92. The van der Waals surface area contributed by atoms with Crippen molar-refractivity contribution >= 4 is 82.5 Å². The monoisotopic (exact) mass is 472 g/mol. The average Bonchev–Trinajstić information content (AvgIpc) is 2.58. The highest BCUT2D eigenvalue weighted by Crippen LogP contribution is 2.44. The Bertz CT molecular complexity index is 793. The summed E-state index contributed by atoms with van der Waals surface area (Å²) < 4.78 is 24.7. The van der Waals surface area contributed by atoms with Crippen LogP contribution in [0.2, 0.25) is 0 Å². The first kappa shape index (κ1) is 23.8. The van der Waals surface area contributed by atoms with Crippen molar-refractivity contribution in [2.24, 2.45) is 0 Å².